The SMILES string of the molecule is COc1c(C(C)C)cc2c(c1OC)[C@@]1(C(O)O)CCCC(C)(C)[C@H]1CC2. The van der Waals surface area contributed by atoms with Crippen molar-refractivity contribution in [2.45, 2.75) is 77.4 Å². The van der Waals surface area contributed by atoms with E-state index in [1.165, 1.54) is 5.56 Å². The number of hydrogen-bond acceptors (Lipinski definition) is 4. The molecule has 0 amide bonds. The van der Waals surface area contributed by atoms with Gasteiger partial charge in [0, 0.05) is 11.1 Å². The van der Waals surface area contributed by atoms with E-state index in [1.54, 1.807) is 14.2 Å². The molecule has 0 aliphatic heterocycles. The van der Waals surface area contributed by atoms with Gasteiger partial charge >= 0.3 is 0 Å². The summed E-state index contributed by atoms with van der Waals surface area (Å²) in [6.07, 6.45) is 3.38. The number of rotatable bonds is 4. The average molecular weight is 363 g/mol. The smallest absolute Gasteiger partial charge is 0.165 e. The maximum absolute atomic E-state index is 10.7. The molecule has 1 aromatic carbocycles. The summed E-state index contributed by atoms with van der Waals surface area (Å²) >= 11 is 0. The Hall–Kier alpha value is -1.26. The molecule has 4 heteroatoms. The van der Waals surface area contributed by atoms with Crippen LogP contribution in [0.3, 0.4) is 0 Å². The molecule has 146 valence electrons. The summed E-state index contributed by atoms with van der Waals surface area (Å²) in [6.45, 7) is 8.84. The van der Waals surface area contributed by atoms with Crippen LogP contribution < -0.4 is 9.47 Å². The quantitative estimate of drug-likeness (QED) is 0.790. The summed E-state index contributed by atoms with van der Waals surface area (Å²) in [5.74, 6) is 1.95. The van der Waals surface area contributed by atoms with Crippen LogP contribution in [0.1, 0.15) is 76.0 Å². The fourth-order valence-corrected chi connectivity index (χ4v) is 5.83. The Kier molecular flexibility index (Phi) is 5.04. The van der Waals surface area contributed by atoms with E-state index in [0.717, 1.165) is 49.0 Å². The van der Waals surface area contributed by atoms with E-state index in [4.69, 9.17) is 9.47 Å². The Morgan fingerprint density at radius 1 is 1.08 bits per heavy atom. The summed E-state index contributed by atoms with van der Waals surface area (Å²) in [5.41, 5.74) is 2.66. The number of aryl methyl sites for hydroxylation is 1. The van der Waals surface area contributed by atoms with Crippen molar-refractivity contribution in [3.8, 4) is 11.5 Å². The maximum atomic E-state index is 10.7. The first kappa shape index (κ1) is 19.5. The van der Waals surface area contributed by atoms with Crippen LogP contribution >= 0.6 is 0 Å². The zero-order valence-electron chi connectivity index (χ0n) is 17.1. The van der Waals surface area contributed by atoms with Crippen LogP contribution in [-0.2, 0) is 11.8 Å². The molecule has 1 fully saturated rings. The average Bonchev–Trinajstić information content (AvgIpc) is 2.58. The van der Waals surface area contributed by atoms with E-state index in [-0.39, 0.29) is 11.3 Å². The molecule has 0 bridgehead atoms. The zero-order valence-corrected chi connectivity index (χ0v) is 17.1. The molecule has 0 radical (unpaired) electrons. The predicted octanol–water partition coefficient (Wildman–Crippen LogP) is 4.15. The summed E-state index contributed by atoms with van der Waals surface area (Å²) in [5, 5.41) is 21.3. The molecule has 1 saturated carbocycles. The Morgan fingerprint density at radius 3 is 2.27 bits per heavy atom. The summed E-state index contributed by atoms with van der Waals surface area (Å²) < 4.78 is 11.6. The van der Waals surface area contributed by atoms with Crippen LogP contribution in [0.2, 0.25) is 0 Å². The molecule has 1 aromatic rings. The molecular weight excluding hydrogens is 328 g/mol. The number of benzene rings is 1. The standard InChI is InChI=1S/C22H34O4/c1-13(2)15-12-14-8-9-16-21(3,4)10-7-11-22(16,20(23)24)17(14)19(26-6)18(15)25-5/h12-13,16,20,23-24H,7-11H2,1-6H3/t16-,22-/m1/s1. The van der Waals surface area contributed by atoms with Crippen molar-refractivity contribution in [3.05, 3.63) is 22.8 Å². The van der Waals surface area contributed by atoms with Gasteiger partial charge in [-0.1, -0.05) is 40.2 Å². The molecule has 4 nitrogen and oxygen atoms in total. The van der Waals surface area contributed by atoms with Crippen LogP contribution in [0, 0.1) is 11.3 Å². The van der Waals surface area contributed by atoms with Crippen molar-refractivity contribution in [3.63, 3.8) is 0 Å². The highest BCUT2D eigenvalue weighted by molar-refractivity contribution is 5.61. The minimum Gasteiger partial charge on any atom is -0.493 e. The Bertz CT molecular complexity index is 677. The van der Waals surface area contributed by atoms with Gasteiger partial charge in [-0.3, -0.25) is 0 Å². The van der Waals surface area contributed by atoms with Crippen LogP contribution in [-0.4, -0.2) is 30.7 Å². The molecule has 0 spiro atoms. The highest BCUT2D eigenvalue weighted by Crippen LogP contribution is 2.61. The lowest BCUT2D eigenvalue weighted by Gasteiger charge is -2.56. The van der Waals surface area contributed by atoms with Crippen LogP contribution in [0.15, 0.2) is 6.07 Å². The highest BCUT2D eigenvalue weighted by Gasteiger charge is 2.57. The van der Waals surface area contributed by atoms with Gasteiger partial charge in [0.15, 0.2) is 17.8 Å². The lowest BCUT2D eigenvalue weighted by Crippen LogP contribution is -2.56. The van der Waals surface area contributed by atoms with Gasteiger partial charge in [0.2, 0.25) is 0 Å². The largest absolute Gasteiger partial charge is 0.493 e. The number of aliphatic hydroxyl groups excluding tert-OH is 1. The second-order valence-electron chi connectivity index (χ2n) is 9.07. The van der Waals surface area contributed by atoms with Crippen LogP contribution in [0.4, 0.5) is 0 Å². The molecule has 0 aromatic heterocycles. The van der Waals surface area contributed by atoms with E-state index in [9.17, 15) is 10.2 Å². The second kappa shape index (κ2) is 6.72. The summed E-state index contributed by atoms with van der Waals surface area (Å²) in [4.78, 5) is 0. The normalized spacial score (nSPS) is 27.2. The highest BCUT2D eigenvalue weighted by atomic mass is 16.5. The van der Waals surface area contributed by atoms with E-state index in [1.807, 2.05) is 0 Å². The molecule has 0 saturated heterocycles. The summed E-state index contributed by atoms with van der Waals surface area (Å²) in [7, 11) is 3.33. The fraction of sp³-hybridized carbons (Fsp3) is 0.727. The van der Waals surface area contributed by atoms with Crippen molar-refractivity contribution >= 4 is 0 Å². The first-order valence-electron chi connectivity index (χ1n) is 9.85. The first-order valence-corrected chi connectivity index (χ1v) is 9.85. The number of ether oxygens (including phenoxy) is 2. The van der Waals surface area contributed by atoms with E-state index >= 15 is 0 Å². The van der Waals surface area contributed by atoms with Crippen molar-refractivity contribution in [2.24, 2.45) is 11.3 Å². The molecule has 2 atom stereocenters. The van der Waals surface area contributed by atoms with Gasteiger partial charge in [-0.2, -0.15) is 0 Å². The molecule has 0 unspecified atom stereocenters. The molecule has 2 aliphatic rings. The maximum Gasteiger partial charge on any atom is 0.165 e. The van der Waals surface area contributed by atoms with Gasteiger partial charge in [0.25, 0.3) is 0 Å². The number of hydrogen-bond donors (Lipinski definition) is 2. The third kappa shape index (κ3) is 2.65. The van der Waals surface area contributed by atoms with E-state index in [0.29, 0.717) is 11.7 Å². The van der Waals surface area contributed by atoms with Crippen molar-refractivity contribution < 1.29 is 19.7 Å². The van der Waals surface area contributed by atoms with Gasteiger partial charge in [-0.05, 0) is 48.5 Å². The molecular formula is C22H34O4. The third-order valence-corrected chi connectivity index (χ3v) is 6.98. The molecule has 2 N–H and O–H groups in total. The topological polar surface area (TPSA) is 58.9 Å². The number of methoxy groups -OCH3 is 2. The van der Waals surface area contributed by atoms with Crippen LogP contribution in [0.25, 0.3) is 0 Å². The Labute approximate surface area is 157 Å². The molecule has 2 aliphatic carbocycles. The van der Waals surface area contributed by atoms with Crippen molar-refractivity contribution in [1.29, 1.82) is 0 Å². The Balaban J connectivity index is 2.34. The number of fused-ring (bicyclic) bond motifs is 3. The molecule has 0 heterocycles. The third-order valence-electron chi connectivity index (χ3n) is 6.98. The van der Waals surface area contributed by atoms with E-state index < -0.39 is 11.7 Å². The van der Waals surface area contributed by atoms with Gasteiger partial charge in [0.1, 0.15) is 0 Å². The lowest BCUT2D eigenvalue weighted by molar-refractivity contribution is -0.158. The zero-order chi connectivity index (χ0) is 19.3. The van der Waals surface area contributed by atoms with Gasteiger partial charge in [-0.25, -0.2) is 0 Å². The minimum absolute atomic E-state index is 0.0641. The molecule has 26 heavy (non-hydrogen) atoms. The van der Waals surface area contributed by atoms with Crippen LogP contribution in [0.5, 0.6) is 11.5 Å². The Morgan fingerprint density at radius 2 is 1.73 bits per heavy atom. The van der Waals surface area contributed by atoms with E-state index in [2.05, 4.69) is 33.8 Å². The van der Waals surface area contributed by atoms with Crippen molar-refractivity contribution in [1.82, 2.24) is 0 Å². The van der Waals surface area contributed by atoms with Crippen molar-refractivity contribution in [2.75, 3.05) is 14.2 Å². The van der Waals surface area contributed by atoms with Gasteiger partial charge in [0.05, 0.1) is 19.6 Å². The predicted molar refractivity (Wildman–Crippen MR) is 103 cm³/mol. The lowest BCUT2D eigenvalue weighted by atomic mass is 9.49. The van der Waals surface area contributed by atoms with Gasteiger partial charge in [-0.15, -0.1) is 0 Å². The summed E-state index contributed by atoms with van der Waals surface area (Å²) in [6, 6.07) is 2.21. The minimum atomic E-state index is -1.41. The van der Waals surface area contributed by atoms with Gasteiger partial charge < -0.3 is 19.7 Å². The monoisotopic (exact) mass is 362 g/mol. The number of aliphatic hydroxyl groups is 2. The second-order valence-corrected chi connectivity index (χ2v) is 9.07. The first-order chi connectivity index (χ1) is 12.2. The fourth-order valence-electron chi connectivity index (χ4n) is 5.83. The molecule has 3 rings (SSSR count).